The Balaban J connectivity index is 0.000000181. The van der Waals surface area contributed by atoms with E-state index in [2.05, 4.69) is 95.2 Å². The van der Waals surface area contributed by atoms with Gasteiger partial charge in [-0.2, -0.15) is 0 Å². The van der Waals surface area contributed by atoms with E-state index < -0.39 is 0 Å². The van der Waals surface area contributed by atoms with Crippen molar-refractivity contribution in [3.8, 4) is 0 Å². The molecular formula is C74H113ClO4. The first kappa shape index (κ1) is 62.4. The predicted molar refractivity (Wildman–Crippen MR) is 331 cm³/mol. The smallest absolute Gasteiger partial charge is 0.310 e. The van der Waals surface area contributed by atoms with Gasteiger partial charge in [0.25, 0.3) is 0 Å². The van der Waals surface area contributed by atoms with E-state index in [1.165, 1.54) is 116 Å². The second-order valence-electron chi connectivity index (χ2n) is 29.8. The van der Waals surface area contributed by atoms with E-state index >= 15 is 0 Å². The van der Waals surface area contributed by atoms with E-state index in [1.54, 1.807) is 11.1 Å². The number of esters is 1. The molecule has 0 spiro atoms. The molecule has 8 aliphatic rings. The van der Waals surface area contributed by atoms with Gasteiger partial charge in [-0.1, -0.05) is 193 Å². The first-order chi connectivity index (χ1) is 37.6. The number of hydrogen-bond acceptors (Lipinski definition) is 4. The standard InChI is InChI=1S/C37H56O2.C29H50O.C8H7ClO/c1-7-28(25(2)3)14-13-26(4)32-17-18-33-31-16-15-29-24-30(39-35(38)23-27-11-9-8-10-12-27)19-21-36(29,5)34(31)20-22-37(32,33)6;1-7-21(19(2)3)9-8-20(4)25-12-13-26-24-11-10-22-18-23(30)14-16-28(22,5)27(24)15-17-29(25,26)6;9-8(10)6-7-4-2-1-3-5-7/h8-12,15,25-26,28,30-34H,7,13-14,16-24H2,1-6H3;10,19-21,23-27,30H,7-9,11-18H2,1-6H3;1-5H,6H2/t26-,28-,30+,31?,32?,33?,34?,36+,37-;20-,21-,23+,24?,25?,26?,27?,28+,29-;/m11./s1. The van der Waals surface area contributed by atoms with E-state index in [0.29, 0.717) is 34.5 Å². The predicted octanol–water partition coefficient (Wildman–Crippen LogP) is 19.8. The van der Waals surface area contributed by atoms with Crippen molar-refractivity contribution in [2.45, 2.75) is 249 Å². The van der Waals surface area contributed by atoms with Crippen LogP contribution in [0.3, 0.4) is 0 Å². The van der Waals surface area contributed by atoms with Crippen molar-refractivity contribution in [2.75, 3.05) is 0 Å². The van der Waals surface area contributed by atoms with Crippen LogP contribution < -0.4 is 0 Å². The van der Waals surface area contributed by atoms with Gasteiger partial charge in [-0.25, -0.2) is 0 Å². The molecule has 0 radical (unpaired) electrons. The normalized spacial score (nSPS) is 36.8. The number of rotatable bonds is 17. The molecule has 10 rings (SSSR count). The Morgan fingerprint density at radius 2 is 1.00 bits per heavy atom. The monoisotopic (exact) mass is 1100 g/mol. The number of carbonyl (C=O) groups is 2. The molecular weight excluding hydrogens is 988 g/mol. The van der Waals surface area contributed by atoms with Crippen LogP contribution in [0.5, 0.6) is 0 Å². The summed E-state index contributed by atoms with van der Waals surface area (Å²) in [5, 5.41) is 9.93. The van der Waals surface area contributed by atoms with E-state index in [0.717, 1.165) is 120 Å². The molecule has 0 aromatic heterocycles. The molecule has 2 aromatic rings. The van der Waals surface area contributed by atoms with E-state index in [-0.39, 0.29) is 23.4 Å². The van der Waals surface area contributed by atoms with Crippen molar-refractivity contribution >= 4 is 22.8 Å². The number of hydrogen-bond donors (Lipinski definition) is 1. The maximum atomic E-state index is 12.7. The maximum Gasteiger partial charge on any atom is 0.310 e. The van der Waals surface area contributed by atoms with Crippen molar-refractivity contribution in [1.82, 2.24) is 0 Å². The molecule has 5 heteroatoms. The summed E-state index contributed by atoms with van der Waals surface area (Å²) in [5.74, 6) is 12.3. The van der Waals surface area contributed by atoms with Gasteiger partial charge in [0.1, 0.15) is 6.10 Å². The third-order valence-electron chi connectivity index (χ3n) is 25.3. The van der Waals surface area contributed by atoms with Crippen molar-refractivity contribution in [1.29, 1.82) is 0 Å². The largest absolute Gasteiger partial charge is 0.462 e. The number of allylic oxidation sites excluding steroid dienone is 2. The Morgan fingerprint density at radius 3 is 1.44 bits per heavy atom. The van der Waals surface area contributed by atoms with E-state index in [4.69, 9.17) is 16.3 Å². The van der Waals surface area contributed by atoms with Crippen LogP contribution >= 0.6 is 11.6 Å². The van der Waals surface area contributed by atoms with Crippen LogP contribution in [-0.2, 0) is 27.2 Å². The number of carbonyl (C=O) groups excluding carboxylic acids is 2. The van der Waals surface area contributed by atoms with Gasteiger partial charge in [-0.05, 0) is 236 Å². The lowest BCUT2D eigenvalue weighted by Gasteiger charge is -2.58. The van der Waals surface area contributed by atoms with Crippen molar-refractivity contribution in [3.63, 3.8) is 0 Å². The van der Waals surface area contributed by atoms with Gasteiger partial charge in [0.15, 0.2) is 0 Å². The number of aliphatic hydroxyl groups is 1. The molecule has 0 amide bonds. The van der Waals surface area contributed by atoms with Gasteiger partial charge in [0.05, 0.1) is 12.5 Å². The zero-order valence-electron chi connectivity index (χ0n) is 52.2. The number of fused-ring (bicyclic) bond motifs is 10. The fourth-order valence-corrected chi connectivity index (χ4v) is 20.6. The first-order valence-electron chi connectivity index (χ1n) is 33.2. The maximum absolute atomic E-state index is 12.7. The molecule has 18 atom stereocenters. The molecule has 0 aliphatic heterocycles. The van der Waals surface area contributed by atoms with Gasteiger partial charge in [0.2, 0.25) is 5.24 Å². The second-order valence-corrected chi connectivity index (χ2v) is 30.3. The molecule has 440 valence electrons. The Labute approximate surface area is 488 Å². The zero-order valence-corrected chi connectivity index (χ0v) is 52.9. The van der Waals surface area contributed by atoms with Crippen LogP contribution in [0.25, 0.3) is 0 Å². The van der Waals surface area contributed by atoms with E-state index in [1.807, 2.05) is 60.7 Å². The summed E-state index contributed by atoms with van der Waals surface area (Å²) >= 11 is 5.17. The average molecular weight is 1100 g/mol. The molecule has 2 aromatic carbocycles. The Hall–Kier alpha value is -2.69. The van der Waals surface area contributed by atoms with Gasteiger partial charge in [-0.15, -0.1) is 0 Å². The van der Waals surface area contributed by atoms with Gasteiger partial charge < -0.3 is 9.84 Å². The number of benzene rings is 2. The molecule has 6 saturated carbocycles. The molecule has 8 unspecified atom stereocenters. The Bertz CT molecular complexity index is 2340. The zero-order chi connectivity index (χ0) is 56.9. The lowest BCUT2D eigenvalue weighted by molar-refractivity contribution is -0.150. The highest BCUT2D eigenvalue weighted by molar-refractivity contribution is 6.63. The first-order valence-corrected chi connectivity index (χ1v) is 33.5. The highest BCUT2D eigenvalue weighted by Crippen LogP contribution is 2.69. The van der Waals surface area contributed by atoms with Crippen molar-refractivity contribution in [3.05, 3.63) is 95.1 Å². The second kappa shape index (κ2) is 26.9. The fraction of sp³-hybridized carbons (Fsp3) is 0.757. The highest BCUT2D eigenvalue weighted by Gasteiger charge is 2.61. The molecule has 0 saturated heterocycles. The third kappa shape index (κ3) is 13.8. The molecule has 0 heterocycles. The molecule has 8 aliphatic carbocycles. The summed E-state index contributed by atoms with van der Waals surface area (Å²) in [6.45, 7) is 30.2. The number of halogens is 1. The average Bonchev–Trinajstić information content (AvgIpc) is 4.16. The summed E-state index contributed by atoms with van der Waals surface area (Å²) in [6, 6.07) is 19.4. The minimum atomic E-state index is -0.314. The molecule has 1 N–H and O–H groups in total. The van der Waals surface area contributed by atoms with Crippen LogP contribution in [-0.4, -0.2) is 28.5 Å². The third-order valence-corrected chi connectivity index (χ3v) is 25.4. The topological polar surface area (TPSA) is 63.6 Å². The van der Waals surface area contributed by atoms with Crippen LogP contribution in [0.1, 0.15) is 235 Å². The Kier molecular flexibility index (Phi) is 21.2. The summed E-state index contributed by atoms with van der Waals surface area (Å²) in [4.78, 5) is 23.1. The number of aliphatic hydroxyl groups excluding tert-OH is 1. The van der Waals surface area contributed by atoms with Crippen LogP contribution in [0.15, 0.2) is 84.0 Å². The molecule has 79 heavy (non-hydrogen) atoms. The van der Waals surface area contributed by atoms with Crippen molar-refractivity contribution < 1.29 is 19.4 Å². The van der Waals surface area contributed by atoms with Crippen LogP contribution in [0, 0.1) is 105 Å². The summed E-state index contributed by atoms with van der Waals surface area (Å²) in [7, 11) is 0. The number of ether oxygens (including phenoxy) is 1. The summed E-state index contributed by atoms with van der Waals surface area (Å²) in [5.41, 5.74) is 7.04. The summed E-state index contributed by atoms with van der Waals surface area (Å²) < 4.78 is 6.03. The van der Waals surface area contributed by atoms with Gasteiger partial charge in [-0.3, -0.25) is 9.59 Å². The van der Waals surface area contributed by atoms with Crippen LogP contribution in [0.2, 0.25) is 0 Å². The van der Waals surface area contributed by atoms with Crippen LogP contribution in [0.4, 0.5) is 0 Å². The lowest BCUT2D eigenvalue weighted by atomic mass is 9.47. The SMILES string of the molecule is CC[C@H](CC[C@@H](C)C1CCC2C3CC=C4C[C@@H](O)CC[C@]4(C)C3CC[C@@]21C)C(C)C.CC[C@H](CC[C@@H](C)C1CCC2C3CC=C4C[C@@H](OC(=O)Cc5ccccc5)CC[C@]4(C)C3CC[C@@]21C)C(C)C.O=C(Cl)Cc1ccccc1. The molecule has 6 fully saturated rings. The minimum absolute atomic E-state index is 0.0560. The molecule has 0 bridgehead atoms. The lowest BCUT2D eigenvalue weighted by Crippen LogP contribution is -2.51. The minimum Gasteiger partial charge on any atom is -0.462 e. The fourth-order valence-electron chi connectivity index (χ4n) is 20.4. The Morgan fingerprint density at radius 1 is 0.557 bits per heavy atom. The highest BCUT2D eigenvalue weighted by atomic mass is 35.5. The van der Waals surface area contributed by atoms with Crippen molar-refractivity contribution in [2.24, 2.45) is 105 Å². The van der Waals surface area contributed by atoms with E-state index in [9.17, 15) is 14.7 Å². The quantitative estimate of drug-likeness (QED) is 0.0974. The van der Waals surface area contributed by atoms with Gasteiger partial charge in [0, 0.05) is 12.8 Å². The molecule has 4 nitrogen and oxygen atoms in total. The summed E-state index contributed by atoms with van der Waals surface area (Å²) in [6.07, 6.45) is 34.8. The van der Waals surface area contributed by atoms with Gasteiger partial charge >= 0.3 is 5.97 Å².